The summed E-state index contributed by atoms with van der Waals surface area (Å²) in [6.07, 6.45) is 0.115. The first-order valence-corrected chi connectivity index (χ1v) is 5.89. The van der Waals surface area contributed by atoms with Crippen molar-refractivity contribution in [2.75, 3.05) is 20.7 Å². The van der Waals surface area contributed by atoms with E-state index in [9.17, 15) is 9.59 Å². The van der Waals surface area contributed by atoms with Crippen molar-refractivity contribution < 1.29 is 19.2 Å². The SMILES string of the molecule is CON(C)CC(C)C(C=O)NC(=O)OC(C)(C)C. The summed E-state index contributed by atoms with van der Waals surface area (Å²) in [5.41, 5.74) is -0.579. The van der Waals surface area contributed by atoms with Gasteiger partial charge < -0.3 is 19.7 Å². The van der Waals surface area contributed by atoms with Gasteiger partial charge in [-0.25, -0.2) is 4.79 Å². The number of hydroxylamine groups is 2. The fourth-order valence-electron chi connectivity index (χ4n) is 1.35. The van der Waals surface area contributed by atoms with Crippen LogP contribution in [-0.2, 0) is 14.4 Å². The molecule has 106 valence electrons. The zero-order chi connectivity index (χ0) is 14.3. The van der Waals surface area contributed by atoms with E-state index in [0.29, 0.717) is 12.8 Å². The second-order valence-corrected chi connectivity index (χ2v) is 5.28. The van der Waals surface area contributed by atoms with E-state index in [2.05, 4.69) is 5.32 Å². The Morgan fingerprint density at radius 2 is 2.00 bits per heavy atom. The number of carbonyl (C=O) groups is 2. The summed E-state index contributed by atoms with van der Waals surface area (Å²) in [7, 11) is 3.30. The van der Waals surface area contributed by atoms with E-state index in [4.69, 9.17) is 9.57 Å². The number of ether oxygens (including phenoxy) is 1. The van der Waals surface area contributed by atoms with Crippen LogP contribution in [0.2, 0.25) is 0 Å². The zero-order valence-corrected chi connectivity index (χ0v) is 12.0. The van der Waals surface area contributed by atoms with Crippen LogP contribution in [0, 0.1) is 5.92 Å². The predicted molar refractivity (Wildman–Crippen MR) is 68.0 cm³/mol. The summed E-state index contributed by atoms with van der Waals surface area (Å²) in [4.78, 5) is 27.5. The van der Waals surface area contributed by atoms with Gasteiger partial charge in [0.25, 0.3) is 0 Å². The van der Waals surface area contributed by atoms with Crippen LogP contribution in [0.5, 0.6) is 0 Å². The Hall–Kier alpha value is -1.14. The molecule has 0 heterocycles. The van der Waals surface area contributed by atoms with E-state index in [1.54, 1.807) is 40.0 Å². The lowest BCUT2D eigenvalue weighted by Gasteiger charge is -2.26. The molecule has 0 aliphatic rings. The number of nitrogens with one attached hydrogen (secondary N) is 1. The normalized spacial score (nSPS) is 15.1. The van der Waals surface area contributed by atoms with Crippen LogP contribution in [0.15, 0.2) is 0 Å². The van der Waals surface area contributed by atoms with E-state index >= 15 is 0 Å². The largest absolute Gasteiger partial charge is 0.444 e. The molecule has 0 saturated carbocycles. The van der Waals surface area contributed by atoms with E-state index in [1.165, 1.54) is 0 Å². The van der Waals surface area contributed by atoms with Gasteiger partial charge in [-0.3, -0.25) is 0 Å². The summed E-state index contributed by atoms with van der Waals surface area (Å²) >= 11 is 0. The number of hydrogen-bond acceptors (Lipinski definition) is 5. The Labute approximate surface area is 109 Å². The maximum atomic E-state index is 11.6. The first kappa shape index (κ1) is 16.9. The maximum absolute atomic E-state index is 11.6. The van der Waals surface area contributed by atoms with Gasteiger partial charge in [0.2, 0.25) is 0 Å². The van der Waals surface area contributed by atoms with E-state index in [-0.39, 0.29) is 5.92 Å². The maximum Gasteiger partial charge on any atom is 0.408 e. The average Bonchev–Trinajstić information content (AvgIpc) is 2.22. The molecule has 1 N–H and O–H groups in total. The lowest BCUT2D eigenvalue weighted by atomic mass is 10.0. The Kier molecular flexibility index (Phi) is 6.86. The molecule has 2 unspecified atom stereocenters. The third kappa shape index (κ3) is 7.24. The zero-order valence-electron chi connectivity index (χ0n) is 12.0. The lowest BCUT2D eigenvalue weighted by Crippen LogP contribution is -2.45. The molecule has 0 aliphatic carbocycles. The van der Waals surface area contributed by atoms with Gasteiger partial charge in [-0.1, -0.05) is 6.92 Å². The highest BCUT2D eigenvalue weighted by molar-refractivity contribution is 5.73. The molecule has 6 heteroatoms. The van der Waals surface area contributed by atoms with Gasteiger partial charge in [-0.2, -0.15) is 5.06 Å². The standard InChI is InChI=1S/C12H24N2O4/c1-9(7-14(5)17-6)10(8-15)13-11(16)18-12(2,3)4/h8-10H,7H2,1-6H3,(H,13,16). The molecular formula is C12H24N2O4. The number of carbonyl (C=O) groups excluding carboxylic acids is 2. The molecule has 1 amide bonds. The Morgan fingerprint density at radius 3 is 2.39 bits per heavy atom. The van der Waals surface area contributed by atoms with Gasteiger partial charge in [-0.15, -0.1) is 0 Å². The van der Waals surface area contributed by atoms with Crippen LogP contribution in [-0.4, -0.2) is 49.8 Å². The number of aldehydes is 1. The van der Waals surface area contributed by atoms with Gasteiger partial charge in [-0.05, 0) is 26.7 Å². The van der Waals surface area contributed by atoms with Crippen LogP contribution in [0.1, 0.15) is 27.7 Å². The minimum absolute atomic E-state index is 0.0834. The molecule has 6 nitrogen and oxygen atoms in total. The average molecular weight is 260 g/mol. The number of rotatable bonds is 6. The predicted octanol–water partition coefficient (Wildman–Crippen LogP) is 1.21. The number of hydrogen-bond donors (Lipinski definition) is 1. The molecule has 0 aromatic rings. The summed E-state index contributed by atoms with van der Waals surface area (Å²) in [6.45, 7) is 7.68. The molecule has 0 saturated heterocycles. The summed E-state index contributed by atoms with van der Waals surface area (Å²) in [5, 5.41) is 4.14. The van der Waals surface area contributed by atoms with E-state index in [1.807, 2.05) is 6.92 Å². The van der Waals surface area contributed by atoms with Crippen molar-refractivity contribution in [1.29, 1.82) is 0 Å². The van der Waals surface area contributed by atoms with Crippen molar-refractivity contribution in [1.82, 2.24) is 10.4 Å². The second-order valence-electron chi connectivity index (χ2n) is 5.28. The van der Waals surface area contributed by atoms with Crippen LogP contribution < -0.4 is 5.32 Å². The van der Waals surface area contributed by atoms with Crippen molar-refractivity contribution in [2.45, 2.75) is 39.3 Å². The molecule has 0 radical (unpaired) electrons. The van der Waals surface area contributed by atoms with Gasteiger partial charge in [0.15, 0.2) is 0 Å². The third-order valence-corrected chi connectivity index (χ3v) is 2.30. The van der Waals surface area contributed by atoms with E-state index in [0.717, 1.165) is 0 Å². The van der Waals surface area contributed by atoms with Gasteiger partial charge in [0.05, 0.1) is 13.2 Å². The molecule has 0 aromatic heterocycles. The van der Waals surface area contributed by atoms with Gasteiger partial charge in [0.1, 0.15) is 11.9 Å². The molecule has 0 aliphatic heterocycles. The monoisotopic (exact) mass is 260 g/mol. The van der Waals surface area contributed by atoms with Gasteiger partial charge >= 0.3 is 6.09 Å². The highest BCUT2D eigenvalue weighted by Crippen LogP contribution is 2.08. The summed E-state index contributed by atoms with van der Waals surface area (Å²) in [6, 6.07) is -0.600. The molecule has 2 atom stereocenters. The van der Waals surface area contributed by atoms with Crippen molar-refractivity contribution in [3.63, 3.8) is 0 Å². The van der Waals surface area contributed by atoms with Crippen LogP contribution in [0.25, 0.3) is 0 Å². The molecule has 0 rings (SSSR count). The molecule has 0 bridgehead atoms. The molecule has 0 fully saturated rings. The number of amides is 1. The molecule has 18 heavy (non-hydrogen) atoms. The Morgan fingerprint density at radius 1 is 1.44 bits per heavy atom. The lowest BCUT2D eigenvalue weighted by molar-refractivity contribution is -0.123. The topological polar surface area (TPSA) is 67.9 Å². The number of alkyl carbamates (subject to hydrolysis) is 1. The first-order valence-electron chi connectivity index (χ1n) is 5.89. The smallest absolute Gasteiger partial charge is 0.408 e. The van der Waals surface area contributed by atoms with Crippen molar-refractivity contribution in [3.05, 3.63) is 0 Å². The quantitative estimate of drug-likeness (QED) is 0.574. The highest BCUT2D eigenvalue weighted by atomic mass is 16.7. The molecule has 0 spiro atoms. The second kappa shape index (κ2) is 7.33. The van der Waals surface area contributed by atoms with Gasteiger partial charge in [0, 0.05) is 13.6 Å². The van der Waals surface area contributed by atoms with Crippen molar-refractivity contribution in [2.24, 2.45) is 5.92 Å². The van der Waals surface area contributed by atoms with Crippen LogP contribution in [0.3, 0.4) is 0 Å². The van der Waals surface area contributed by atoms with E-state index < -0.39 is 17.7 Å². The minimum Gasteiger partial charge on any atom is -0.444 e. The molecular weight excluding hydrogens is 236 g/mol. The molecule has 0 aromatic carbocycles. The van der Waals surface area contributed by atoms with Crippen LogP contribution in [0.4, 0.5) is 4.79 Å². The van der Waals surface area contributed by atoms with Crippen LogP contribution >= 0.6 is 0 Å². The van der Waals surface area contributed by atoms with Crippen molar-refractivity contribution in [3.8, 4) is 0 Å². The number of nitrogens with zero attached hydrogens (tertiary/aromatic N) is 1. The summed E-state index contributed by atoms with van der Waals surface area (Å²) in [5.74, 6) is -0.0834. The highest BCUT2D eigenvalue weighted by Gasteiger charge is 2.23. The Balaban J connectivity index is 4.33. The summed E-state index contributed by atoms with van der Waals surface area (Å²) < 4.78 is 5.10. The fourth-order valence-corrected chi connectivity index (χ4v) is 1.35. The third-order valence-electron chi connectivity index (χ3n) is 2.30. The van der Waals surface area contributed by atoms with Crippen molar-refractivity contribution >= 4 is 12.4 Å². The first-order chi connectivity index (χ1) is 8.19. The Bertz CT molecular complexity index is 276. The fraction of sp³-hybridized carbons (Fsp3) is 0.833. The minimum atomic E-state index is -0.600.